The zero-order valence-electron chi connectivity index (χ0n) is 27.4. The number of rotatable bonds is 8. The van der Waals surface area contributed by atoms with Gasteiger partial charge in [0.15, 0.2) is 5.69 Å². The summed E-state index contributed by atoms with van der Waals surface area (Å²) in [5.74, 6) is -2.04. The molecule has 0 unspecified atom stereocenters. The van der Waals surface area contributed by atoms with Gasteiger partial charge in [0.2, 0.25) is 0 Å². The van der Waals surface area contributed by atoms with Gasteiger partial charge in [0.05, 0.1) is 38.3 Å². The third-order valence-electron chi connectivity index (χ3n) is 7.21. The number of fused-ring (bicyclic) bond motifs is 1. The molecule has 0 saturated heterocycles. The Balaban J connectivity index is 0.000000243. The average Bonchev–Trinajstić information content (AvgIpc) is 3.40. The smallest absolute Gasteiger partial charge is 0.871 e. The topological polar surface area (TPSA) is 308 Å². The summed E-state index contributed by atoms with van der Waals surface area (Å²) in [5.41, 5.74) is -0.467. The van der Waals surface area contributed by atoms with Crippen LogP contribution in [0.15, 0.2) is 126 Å². The molecule has 6 aromatic rings. The second kappa shape index (κ2) is 16.6. The number of hydrogen-bond donors (Lipinski definition) is 3. The molecule has 0 aliphatic carbocycles. The summed E-state index contributed by atoms with van der Waals surface area (Å²) in [6.45, 7) is 1.66. The Kier molecular flexibility index (Phi) is 12.6. The van der Waals surface area contributed by atoms with Crippen LogP contribution in [-0.4, -0.2) is 40.6 Å². The number of nitrogens with one attached hydrogen (secondary N) is 1. The first-order chi connectivity index (χ1) is 25.3. The van der Waals surface area contributed by atoms with Crippen molar-refractivity contribution in [2.24, 2.45) is 20.5 Å². The second-order valence-electron chi connectivity index (χ2n) is 10.9. The second-order valence-corrected chi connectivity index (χ2v) is 14.1. The van der Waals surface area contributed by atoms with Crippen molar-refractivity contribution in [2.75, 3.05) is 0 Å². The summed E-state index contributed by atoms with van der Waals surface area (Å²) in [4.78, 5) is 20.6. The van der Waals surface area contributed by atoms with Crippen molar-refractivity contribution in [2.45, 2.75) is 16.7 Å². The van der Waals surface area contributed by atoms with Gasteiger partial charge in [0, 0.05) is 22.5 Å². The number of halogens is 1. The number of hydrogen-bond acceptors (Lipinski definition) is 14. The minimum Gasteiger partial charge on any atom is -0.871 e. The predicted molar refractivity (Wildman–Crippen MR) is 186 cm³/mol. The van der Waals surface area contributed by atoms with Gasteiger partial charge in [-0.15, -0.1) is 5.11 Å². The quantitative estimate of drug-likeness (QED) is 0.0749. The van der Waals surface area contributed by atoms with Gasteiger partial charge in [-0.25, -0.2) is 4.68 Å². The maximum absolute atomic E-state index is 12.5. The molecule has 19 nitrogen and oxygen atoms in total. The molecule has 0 fully saturated rings. The van der Waals surface area contributed by atoms with Crippen LogP contribution in [0.4, 0.5) is 28.4 Å². The molecule has 0 aliphatic rings. The number of azo groups is 2. The number of nitro groups is 1. The summed E-state index contributed by atoms with van der Waals surface area (Å²) >= 11 is 5.77. The Hall–Kier alpha value is -5.99. The van der Waals surface area contributed by atoms with Gasteiger partial charge in [-0.3, -0.25) is 29.1 Å². The first kappa shape index (κ1) is 41.8. The van der Waals surface area contributed by atoms with Crippen LogP contribution < -0.4 is 20.9 Å². The summed E-state index contributed by atoms with van der Waals surface area (Å²) in [6.07, 6.45) is 0. The molecule has 1 aromatic heterocycles. The number of nitro benzene ring substituents is 1. The van der Waals surface area contributed by atoms with Crippen LogP contribution in [0.1, 0.15) is 5.69 Å². The predicted octanol–water partition coefficient (Wildman–Crippen LogP) is 5.42. The number of aryl methyl sites for hydroxylation is 1. The molecule has 0 bridgehead atoms. The van der Waals surface area contributed by atoms with E-state index in [1.54, 1.807) is 31.2 Å². The molecular weight excluding hydrogens is 826 g/mol. The van der Waals surface area contributed by atoms with E-state index in [0.717, 1.165) is 36.4 Å². The van der Waals surface area contributed by atoms with Crippen LogP contribution in [0.3, 0.4) is 0 Å². The van der Waals surface area contributed by atoms with E-state index in [0.29, 0.717) is 17.4 Å². The first-order valence-corrected chi connectivity index (χ1v) is 18.0. The fraction of sp³-hybridized carbons (Fsp3) is 0.0312. The fourth-order valence-corrected chi connectivity index (χ4v) is 6.24. The van der Waals surface area contributed by atoms with Crippen molar-refractivity contribution < 1.29 is 63.5 Å². The molecule has 55 heavy (non-hydrogen) atoms. The number of nitrogens with zero attached hydrogens (tertiary/aromatic N) is 6. The monoisotopic (exact) mass is 846 g/mol. The molecule has 0 amide bonds. The van der Waals surface area contributed by atoms with Crippen LogP contribution in [-0.2, 0) is 37.6 Å². The molecule has 0 aliphatic heterocycles. The third kappa shape index (κ3) is 9.58. The van der Waals surface area contributed by atoms with E-state index in [1.807, 2.05) is 6.07 Å². The molecule has 0 saturated carbocycles. The molecule has 0 spiro atoms. The van der Waals surface area contributed by atoms with E-state index in [9.17, 15) is 56.2 Å². The Bertz CT molecular complexity index is 2800. The van der Waals surface area contributed by atoms with Crippen LogP contribution in [0.5, 0.6) is 17.2 Å². The Labute approximate surface area is 325 Å². The van der Waals surface area contributed by atoms with Crippen molar-refractivity contribution >= 4 is 71.0 Å². The number of para-hydroxylation sites is 1. The van der Waals surface area contributed by atoms with Crippen molar-refractivity contribution in [3.05, 3.63) is 122 Å². The van der Waals surface area contributed by atoms with Gasteiger partial charge in [0.1, 0.15) is 4.90 Å². The van der Waals surface area contributed by atoms with Crippen LogP contribution in [0, 0.1) is 17.0 Å². The normalized spacial score (nSPS) is 11.7. The van der Waals surface area contributed by atoms with E-state index in [-0.39, 0.29) is 50.5 Å². The van der Waals surface area contributed by atoms with E-state index in [1.165, 1.54) is 22.9 Å². The van der Waals surface area contributed by atoms with Crippen LogP contribution >= 0.6 is 11.6 Å². The SMILES string of the molecule is Cc1[nH]n(-c2ccccc2)c(=O)c1N=Nc1ccc([N+](=O)[O-])cc1[O-].O=S(=O)(O)c1cc(S(=O)(=O)O)c2c(N=Nc3cc(Cl)ccc3[O-])c([O-])ccc2c1.[Cr+3]. The van der Waals surface area contributed by atoms with Crippen molar-refractivity contribution in [3.63, 3.8) is 0 Å². The molecule has 0 atom stereocenters. The molecular formula is C32H21ClCrN7O12S2. The van der Waals surface area contributed by atoms with Crippen molar-refractivity contribution in [1.29, 1.82) is 0 Å². The van der Waals surface area contributed by atoms with Gasteiger partial charge in [0.25, 0.3) is 31.5 Å². The number of benzene rings is 5. The van der Waals surface area contributed by atoms with Gasteiger partial charge in [-0.2, -0.15) is 32.2 Å². The Morgan fingerprint density at radius 3 is 2.00 bits per heavy atom. The van der Waals surface area contributed by atoms with Crippen molar-refractivity contribution in [3.8, 4) is 22.9 Å². The Morgan fingerprint density at radius 1 is 0.745 bits per heavy atom. The average molecular weight is 847 g/mol. The molecule has 1 radical (unpaired) electrons. The van der Waals surface area contributed by atoms with Crippen LogP contribution in [0.2, 0.25) is 5.02 Å². The largest absolute Gasteiger partial charge is 3.00 e. The van der Waals surface area contributed by atoms with E-state index in [4.69, 9.17) is 11.6 Å². The molecule has 3 N–H and O–H groups in total. The summed E-state index contributed by atoms with van der Waals surface area (Å²) in [7, 11) is -9.88. The van der Waals surface area contributed by atoms with Gasteiger partial charge >= 0.3 is 17.4 Å². The zero-order chi connectivity index (χ0) is 39.5. The summed E-state index contributed by atoms with van der Waals surface area (Å²) in [6, 6.07) is 19.1. The maximum atomic E-state index is 12.5. The number of non-ortho nitro benzene ring substituents is 1. The van der Waals surface area contributed by atoms with Gasteiger partial charge in [-0.1, -0.05) is 65.2 Å². The molecule has 23 heteroatoms. The van der Waals surface area contributed by atoms with E-state index in [2.05, 4.69) is 25.6 Å². The summed E-state index contributed by atoms with van der Waals surface area (Å²) in [5, 5.41) is 63.9. The number of aromatic nitrogens is 2. The molecule has 5 aromatic carbocycles. The van der Waals surface area contributed by atoms with E-state index >= 15 is 0 Å². The Morgan fingerprint density at radius 2 is 1.38 bits per heavy atom. The van der Waals surface area contributed by atoms with Gasteiger partial charge in [-0.05, 0) is 54.8 Å². The third-order valence-corrected chi connectivity index (χ3v) is 9.16. The number of aromatic amines is 1. The molecule has 6 rings (SSSR count). The minimum atomic E-state index is -5.05. The number of H-pyrrole nitrogens is 1. The minimum absolute atomic E-state index is 0. The zero-order valence-corrected chi connectivity index (χ0v) is 31.1. The van der Waals surface area contributed by atoms with Gasteiger partial charge < -0.3 is 15.3 Å². The van der Waals surface area contributed by atoms with Crippen molar-refractivity contribution in [1.82, 2.24) is 9.78 Å². The molecule has 1 heterocycles. The standard InChI is InChI=1S/C16H11ClN2O8S2.C16H13N5O4.Cr/c17-9-2-4-12(20)11(6-9)18-19-16-13(21)3-1-8-5-10(28(22,23)24)7-14(15(8)16)29(25,26)27;1-10-15(16(23)20(19-10)11-5-3-2-4-6-11)18-17-13-8-7-12(21(24)25)9-14(13)22;/h1-7,20-21H,(H,22,23,24)(H,25,26,27);2-9,19,22H,1H3;/q;;+3/p-3. The fourth-order valence-electron chi connectivity index (χ4n) is 4.70. The first-order valence-electron chi connectivity index (χ1n) is 14.7. The van der Waals surface area contributed by atoms with Crippen LogP contribution in [0.25, 0.3) is 16.5 Å². The maximum Gasteiger partial charge on any atom is 3.00 e. The summed E-state index contributed by atoms with van der Waals surface area (Å²) < 4.78 is 66.5. The molecule has 281 valence electrons. The van der Waals surface area contributed by atoms with E-state index < -0.39 is 68.8 Å².